The number of carbonyl (C=O) groups excluding carboxylic acids is 1. The Hall–Kier alpha value is -1.68. The summed E-state index contributed by atoms with van der Waals surface area (Å²) in [6.45, 7) is 4.42. The zero-order valence-corrected chi connectivity index (χ0v) is 12.5. The van der Waals surface area contributed by atoms with E-state index in [4.69, 9.17) is 0 Å². The number of pyridine rings is 1. The van der Waals surface area contributed by atoms with E-state index >= 15 is 0 Å². The van der Waals surface area contributed by atoms with Crippen molar-refractivity contribution >= 4 is 21.8 Å². The van der Waals surface area contributed by atoms with Gasteiger partial charge in [0.05, 0.1) is 0 Å². The second kappa shape index (κ2) is 5.97. The van der Waals surface area contributed by atoms with E-state index in [1.54, 1.807) is 12.4 Å². The summed E-state index contributed by atoms with van der Waals surface area (Å²) in [5.41, 5.74) is 3.79. The predicted molar refractivity (Wildman–Crippen MR) is 79.0 cm³/mol. The highest BCUT2D eigenvalue weighted by molar-refractivity contribution is 9.10. The third kappa shape index (κ3) is 3.20. The van der Waals surface area contributed by atoms with Crippen LogP contribution in [-0.4, -0.2) is 10.9 Å². The predicted octanol–water partition coefficient (Wildman–Crippen LogP) is 3.39. The Morgan fingerprint density at radius 2 is 2.11 bits per heavy atom. The number of benzene rings is 1. The number of rotatable bonds is 3. The van der Waals surface area contributed by atoms with Gasteiger partial charge in [0.1, 0.15) is 0 Å². The number of hydrogen-bond donors (Lipinski definition) is 1. The first-order chi connectivity index (χ1) is 9.09. The number of nitrogens with zero attached hydrogens (tertiary/aromatic N) is 1. The van der Waals surface area contributed by atoms with Crippen molar-refractivity contribution in [2.24, 2.45) is 0 Å². The molecule has 1 aromatic carbocycles. The Morgan fingerprint density at radius 3 is 2.84 bits per heavy atom. The summed E-state index contributed by atoms with van der Waals surface area (Å²) in [4.78, 5) is 16.2. The van der Waals surface area contributed by atoms with Gasteiger partial charge in [-0.3, -0.25) is 9.78 Å². The largest absolute Gasteiger partial charge is 0.348 e. The maximum absolute atomic E-state index is 12.1. The third-order valence-electron chi connectivity index (χ3n) is 3.10. The van der Waals surface area contributed by atoms with Crippen molar-refractivity contribution in [1.29, 1.82) is 0 Å². The number of carbonyl (C=O) groups is 1. The van der Waals surface area contributed by atoms with E-state index in [1.165, 1.54) is 0 Å². The highest BCUT2D eigenvalue weighted by Crippen LogP contribution is 2.19. The Balaban J connectivity index is 2.10. The molecule has 1 N–H and O–H groups in total. The van der Waals surface area contributed by atoms with Crippen LogP contribution in [0.15, 0.2) is 41.1 Å². The van der Waals surface area contributed by atoms with Gasteiger partial charge in [-0.1, -0.05) is 22.0 Å². The normalized spacial score (nSPS) is 10.3. The summed E-state index contributed by atoms with van der Waals surface area (Å²) in [7, 11) is 0. The molecule has 19 heavy (non-hydrogen) atoms. The van der Waals surface area contributed by atoms with Gasteiger partial charge in [0, 0.05) is 29.0 Å². The van der Waals surface area contributed by atoms with Gasteiger partial charge in [-0.25, -0.2) is 0 Å². The van der Waals surface area contributed by atoms with Crippen molar-refractivity contribution in [3.8, 4) is 0 Å². The minimum Gasteiger partial charge on any atom is -0.348 e. The molecule has 0 unspecified atom stereocenters. The molecule has 2 rings (SSSR count). The van der Waals surface area contributed by atoms with Crippen LogP contribution in [0.4, 0.5) is 0 Å². The lowest BCUT2D eigenvalue weighted by Crippen LogP contribution is -2.24. The van der Waals surface area contributed by atoms with Gasteiger partial charge >= 0.3 is 0 Å². The van der Waals surface area contributed by atoms with E-state index in [9.17, 15) is 4.79 Å². The topological polar surface area (TPSA) is 42.0 Å². The maximum Gasteiger partial charge on any atom is 0.251 e. The van der Waals surface area contributed by atoms with Gasteiger partial charge in [-0.2, -0.15) is 0 Å². The van der Waals surface area contributed by atoms with Crippen molar-refractivity contribution in [1.82, 2.24) is 10.3 Å². The van der Waals surface area contributed by atoms with E-state index < -0.39 is 0 Å². The Bertz CT molecular complexity index is 611. The smallest absolute Gasteiger partial charge is 0.251 e. The van der Waals surface area contributed by atoms with E-state index in [1.807, 2.05) is 38.1 Å². The summed E-state index contributed by atoms with van der Waals surface area (Å²) >= 11 is 3.43. The molecular formula is C15H15BrN2O. The highest BCUT2D eigenvalue weighted by atomic mass is 79.9. The number of aryl methyl sites for hydroxylation is 1. The van der Waals surface area contributed by atoms with Crippen LogP contribution < -0.4 is 5.32 Å². The first-order valence-corrected chi connectivity index (χ1v) is 6.81. The zero-order valence-electron chi connectivity index (χ0n) is 10.9. The van der Waals surface area contributed by atoms with E-state index in [2.05, 4.69) is 26.2 Å². The van der Waals surface area contributed by atoms with Crippen LogP contribution in [0.1, 0.15) is 27.0 Å². The van der Waals surface area contributed by atoms with Crippen molar-refractivity contribution in [2.45, 2.75) is 20.4 Å². The summed E-state index contributed by atoms with van der Waals surface area (Å²) in [5, 5.41) is 2.92. The Morgan fingerprint density at radius 1 is 1.32 bits per heavy atom. The van der Waals surface area contributed by atoms with Gasteiger partial charge in [-0.05, 0) is 48.7 Å². The van der Waals surface area contributed by atoms with Crippen molar-refractivity contribution in [2.75, 3.05) is 0 Å². The molecule has 0 saturated carbocycles. The molecule has 0 aliphatic carbocycles. The van der Waals surface area contributed by atoms with Crippen molar-refractivity contribution < 1.29 is 4.79 Å². The molecule has 0 fully saturated rings. The van der Waals surface area contributed by atoms with Crippen LogP contribution in [0.5, 0.6) is 0 Å². The molecular weight excluding hydrogens is 304 g/mol. The van der Waals surface area contributed by atoms with Crippen LogP contribution >= 0.6 is 15.9 Å². The van der Waals surface area contributed by atoms with Gasteiger partial charge in [0.25, 0.3) is 5.91 Å². The lowest BCUT2D eigenvalue weighted by atomic mass is 10.1. The average Bonchev–Trinajstić information content (AvgIpc) is 2.40. The van der Waals surface area contributed by atoms with E-state index in [0.717, 1.165) is 21.2 Å². The van der Waals surface area contributed by atoms with Crippen LogP contribution in [0, 0.1) is 13.8 Å². The number of amides is 1. The van der Waals surface area contributed by atoms with Gasteiger partial charge in [0.2, 0.25) is 0 Å². The van der Waals surface area contributed by atoms with Gasteiger partial charge < -0.3 is 5.32 Å². The summed E-state index contributed by atoms with van der Waals surface area (Å²) in [5.74, 6) is -0.0675. The number of aromatic nitrogens is 1. The fourth-order valence-electron chi connectivity index (χ4n) is 1.81. The second-order valence-electron chi connectivity index (χ2n) is 4.40. The molecule has 0 atom stereocenters. The second-order valence-corrected chi connectivity index (χ2v) is 5.25. The molecule has 1 aromatic heterocycles. The minimum absolute atomic E-state index is 0.0675. The summed E-state index contributed by atoms with van der Waals surface area (Å²) in [6.07, 6.45) is 3.53. The van der Waals surface area contributed by atoms with Crippen molar-refractivity contribution in [3.63, 3.8) is 0 Å². The fourth-order valence-corrected chi connectivity index (χ4v) is 2.17. The fraction of sp³-hybridized carbons (Fsp3) is 0.200. The summed E-state index contributed by atoms with van der Waals surface area (Å²) < 4.78 is 0.942. The molecule has 98 valence electrons. The minimum atomic E-state index is -0.0675. The quantitative estimate of drug-likeness (QED) is 0.942. The molecule has 4 heteroatoms. The highest BCUT2D eigenvalue weighted by Gasteiger charge is 2.10. The lowest BCUT2D eigenvalue weighted by molar-refractivity contribution is 0.0950. The first kappa shape index (κ1) is 13.7. The molecule has 0 bridgehead atoms. The third-order valence-corrected chi connectivity index (χ3v) is 3.96. The molecule has 0 aliphatic heterocycles. The monoisotopic (exact) mass is 318 g/mol. The number of halogens is 1. The molecule has 2 aromatic rings. The molecule has 0 radical (unpaired) electrons. The summed E-state index contributed by atoms with van der Waals surface area (Å²) in [6, 6.07) is 7.55. The molecule has 0 spiro atoms. The average molecular weight is 319 g/mol. The van der Waals surface area contributed by atoms with Gasteiger partial charge in [0.15, 0.2) is 0 Å². The number of hydrogen-bond acceptors (Lipinski definition) is 2. The SMILES string of the molecule is Cc1ccncc1CNC(=O)c1cccc(Br)c1C. The number of nitrogens with one attached hydrogen (secondary N) is 1. The van der Waals surface area contributed by atoms with Crippen LogP contribution in [0.25, 0.3) is 0 Å². The molecule has 0 saturated heterocycles. The van der Waals surface area contributed by atoms with Gasteiger partial charge in [-0.15, -0.1) is 0 Å². The molecule has 1 amide bonds. The standard InChI is InChI=1S/C15H15BrN2O/c1-10-6-7-17-8-12(10)9-18-15(19)13-4-3-5-14(16)11(13)2/h3-8H,9H2,1-2H3,(H,18,19). The molecule has 3 nitrogen and oxygen atoms in total. The van der Waals surface area contributed by atoms with Crippen molar-refractivity contribution in [3.05, 3.63) is 63.4 Å². The Labute approximate surface area is 121 Å². The first-order valence-electron chi connectivity index (χ1n) is 6.02. The van der Waals surface area contributed by atoms with E-state index in [0.29, 0.717) is 12.1 Å². The lowest BCUT2D eigenvalue weighted by Gasteiger charge is -2.10. The maximum atomic E-state index is 12.1. The molecule has 0 aliphatic rings. The zero-order chi connectivity index (χ0) is 13.8. The van der Waals surface area contributed by atoms with Crippen LogP contribution in [-0.2, 0) is 6.54 Å². The van der Waals surface area contributed by atoms with Crippen LogP contribution in [0.2, 0.25) is 0 Å². The van der Waals surface area contributed by atoms with E-state index in [-0.39, 0.29) is 5.91 Å². The van der Waals surface area contributed by atoms with Crippen LogP contribution in [0.3, 0.4) is 0 Å². The Kier molecular flexibility index (Phi) is 4.32. The molecule has 1 heterocycles.